The van der Waals surface area contributed by atoms with E-state index in [9.17, 15) is 17.6 Å². The van der Waals surface area contributed by atoms with Gasteiger partial charge in [-0.15, -0.1) is 12.4 Å². The van der Waals surface area contributed by atoms with Crippen molar-refractivity contribution in [2.24, 2.45) is 0 Å². The summed E-state index contributed by atoms with van der Waals surface area (Å²) in [6, 6.07) is 3.17. The Kier molecular flexibility index (Phi) is 6.90. The van der Waals surface area contributed by atoms with Crippen LogP contribution in [0.4, 0.5) is 17.6 Å². The Labute approximate surface area is 133 Å². The Morgan fingerprint density at radius 1 is 1.27 bits per heavy atom. The molecule has 1 heterocycles. The molecule has 1 fully saturated rings. The maximum absolute atomic E-state index is 13.8. The molecular formula is C14H19ClF4N2O. The lowest BCUT2D eigenvalue weighted by Gasteiger charge is -2.36. The number of para-hydroxylation sites is 1. The third kappa shape index (κ3) is 4.72. The molecule has 22 heavy (non-hydrogen) atoms. The van der Waals surface area contributed by atoms with Crippen LogP contribution < -0.4 is 10.1 Å². The summed E-state index contributed by atoms with van der Waals surface area (Å²) < 4.78 is 57.5. The third-order valence-electron chi connectivity index (χ3n) is 3.58. The zero-order valence-corrected chi connectivity index (χ0v) is 12.9. The van der Waals surface area contributed by atoms with Crippen molar-refractivity contribution in [3.05, 3.63) is 29.6 Å². The molecule has 0 saturated carbocycles. The molecule has 1 aliphatic rings. The van der Waals surface area contributed by atoms with Gasteiger partial charge in [0.15, 0.2) is 11.6 Å². The largest absolute Gasteiger partial charge is 0.493 e. The molecule has 2 rings (SSSR count). The smallest absolute Gasteiger partial charge is 0.390 e. The minimum absolute atomic E-state index is 0. The zero-order valence-electron chi connectivity index (χ0n) is 12.1. The Morgan fingerprint density at radius 2 is 1.91 bits per heavy atom. The Balaban J connectivity index is 0.00000242. The topological polar surface area (TPSA) is 24.5 Å². The van der Waals surface area contributed by atoms with E-state index in [0.717, 1.165) is 0 Å². The molecule has 8 heteroatoms. The number of methoxy groups -OCH3 is 1. The van der Waals surface area contributed by atoms with Gasteiger partial charge in [0.2, 0.25) is 0 Å². The van der Waals surface area contributed by atoms with Crippen LogP contribution in [0.2, 0.25) is 0 Å². The fourth-order valence-electron chi connectivity index (χ4n) is 2.65. The Morgan fingerprint density at radius 3 is 2.45 bits per heavy atom. The van der Waals surface area contributed by atoms with Crippen molar-refractivity contribution >= 4 is 12.4 Å². The number of ether oxygens (including phenoxy) is 1. The Hall–Kier alpha value is -1.05. The number of nitrogens with one attached hydrogen (secondary N) is 1. The first-order chi connectivity index (χ1) is 9.92. The zero-order chi connectivity index (χ0) is 15.5. The summed E-state index contributed by atoms with van der Waals surface area (Å²) in [4.78, 5) is 1.72. The molecule has 0 amide bonds. The van der Waals surface area contributed by atoms with E-state index in [2.05, 4.69) is 5.32 Å². The molecule has 1 N–H and O–H groups in total. The molecule has 1 aromatic carbocycles. The van der Waals surface area contributed by atoms with Gasteiger partial charge in [-0.3, -0.25) is 4.90 Å². The fourth-order valence-corrected chi connectivity index (χ4v) is 2.65. The number of rotatable bonds is 4. The van der Waals surface area contributed by atoms with E-state index >= 15 is 0 Å². The molecule has 1 aliphatic heterocycles. The van der Waals surface area contributed by atoms with Crippen molar-refractivity contribution < 1.29 is 22.3 Å². The molecule has 1 saturated heterocycles. The molecule has 0 unspecified atom stereocenters. The van der Waals surface area contributed by atoms with Gasteiger partial charge in [0, 0.05) is 37.8 Å². The summed E-state index contributed by atoms with van der Waals surface area (Å²) in [5, 5.41) is 3.10. The molecule has 1 aromatic rings. The second-order valence-electron chi connectivity index (χ2n) is 4.98. The highest BCUT2D eigenvalue weighted by atomic mass is 35.5. The minimum Gasteiger partial charge on any atom is -0.493 e. The molecular weight excluding hydrogens is 324 g/mol. The highest BCUT2D eigenvalue weighted by Gasteiger charge is 2.37. The lowest BCUT2D eigenvalue weighted by Crippen LogP contribution is -2.46. The quantitative estimate of drug-likeness (QED) is 0.851. The van der Waals surface area contributed by atoms with E-state index in [1.165, 1.54) is 25.3 Å². The maximum atomic E-state index is 13.8. The van der Waals surface area contributed by atoms with Crippen LogP contribution in [0.3, 0.4) is 0 Å². The first-order valence-electron chi connectivity index (χ1n) is 6.76. The lowest BCUT2D eigenvalue weighted by atomic mass is 9.99. The maximum Gasteiger partial charge on any atom is 0.390 e. The van der Waals surface area contributed by atoms with E-state index in [0.29, 0.717) is 26.2 Å². The van der Waals surface area contributed by atoms with Crippen LogP contribution >= 0.6 is 12.4 Å². The van der Waals surface area contributed by atoms with Crippen LogP contribution in [0.25, 0.3) is 0 Å². The predicted octanol–water partition coefficient (Wildman–Crippen LogP) is 3.15. The fraction of sp³-hybridized carbons (Fsp3) is 0.571. The first-order valence-corrected chi connectivity index (χ1v) is 6.76. The van der Waals surface area contributed by atoms with Gasteiger partial charge in [-0.2, -0.15) is 13.2 Å². The summed E-state index contributed by atoms with van der Waals surface area (Å²) in [5.74, 6) is -0.748. The van der Waals surface area contributed by atoms with Gasteiger partial charge in [-0.1, -0.05) is 12.1 Å². The predicted molar refractivity (Wildman–Crippen MR) is 78.1 cm³/mol. The van der Waals surface area contributed by atoms with Gasteiger partial charge >= 0.3 is 6.18 Å². The van der Waals surface area contributed by atoms with Gasteiger partial charge in [0.25, 0.3) is 0 Å². The number of hydrogen-bond donors (Lipinski definition) is 1. The number of benzene rings is 1. The standard InChI is InChI=1S/C14H18F4N2O.ClH/c1-21-13-10(3-2-4-11(13)15)12(9-14(16,17)18)20-7-5-19-6-8-20;/h2-4,12,19H,5-9H2,1H3;1H/t12-;/m1./s1. The van der Waals surface area contributed by atoms with Gasteiger partial charge in [-0.05, 0) is 6.07 Å². The number of hydrogen-bond acceptors (Lipinski definition) is 3. The van der Waals surface area contributed by atoms with Crippen LogP contribution in [-0.2, 0) is 0 Å². The summed E-state index contributed by atoms with van der Waals surface area (Å²) >= 11 is 0. The van der Waals surface area contributed by atoms with E-state index in [1.54, 1.807) is 4.90 Å². The van der Waals surface area contributed by atoms with Crippen molar-refractivity contribution in [2.45, 2.75) is 18.6 Å². The number of halogens is 5. The second-order valence-corrected chi connectivity index (χ2v) is 4.98. The van der Waals surface area contributed by atoms with E-state index in [-0.39, 0.29) is 23.7 Å². The molecule has 1 atom stereocenters. The lowest BCUT2D eigenvalue weighted by molar-refractivity contribution is -0.148. The van der Waals surface area contributed by atoms with Crippen LogP contribution in [-0.4, -0.2) is 44.4 Å². The van der Waals surface area contributed by atoms with Crippen molar-refractivity contribution in [3.8, 4) is 5.75 Å². The monoisotopic (exact) mass is 342 g/mol. The molecule has 126 valence electrons. The average molecular weight is 343 g/mol. The SMILES string of the molecule is COc1c(F)cccc1[C@@H](CC(F)(F)F)N1CCNCC1.Cl. The van der Waals surface area contributed by atoms with E-state index in [1.807, 2.05) is 0 Å². The van der Waals surface area contributed by atoms with Crippen molar-refractivity contribution in [1.82, 2.24) is 10.2 Å². The minimum atomic E-state index is -4.33. The van der Waals surface area contributed by atoms with Crippen molar-refractivity contribution in [1.29, 1.82) is 0 Å². The number of piperazine rings is 1. The molecule has 3 nitrogen and oxygen atoms in total. The second kappa shape index (κ2) is 7.99. The van der Waals surface area contributed by atoms with Crippen LogP contribution in [0.1, 0.15) is 18.0 Å². The van der Waals surface area contributed by atoms with Crippen LogP contribution in [0.5, 0.6) is 5.75 Å². The number of alkyl halides is 3. The summed E-state index contributed by atoms with van der Waals surface area (Å²) in [5.41, 5.74) is 0.247. The van der Waals surface area contributed by atoms with Gasteiger partial charge in [0.1, 0.15) is 0 Å². The first kappa shape index (κ1) is 19.0. The van der Waals surface area contributed by atoms with Crippen LogP contribution in [0, 0.1) is 5.82 Å². The van der Waals surface area contributed by atoms with Gasteiger partial charge < -0.3 is 10.1 Å². The van der Waals surface area contributed by atoms with Crippen LogP contribution in [0.15, 0.2) is 18.2 Å². The molecule has 0 aromatic heterocycles. The van der Waals surface area contributed by atoms with Crippen molar-refractivity contribution in [3.63, 3.8) is 0 Å². The highest BCUT2D eigenvalue weighted by Crippen LogP contribution is 2.38. The summed E-state index contributed by atoms with van der Waals surface area (Å²) in [7, 11) is 1.27. The molecule has 0 bridgehead atoms. The van der Waals surface area contributed by atoms with Gasteiger partial charge in [-0.25, -0.2) is 4.39 Å². The Bertz CT molecular complexity index is 478. The highest BCUT2D eigenvalue weighted by molar-refractivity contribution is 5.85. The normalized spacial score (nSPS) is 17.7. The number of nitrogens with zero attached hydrogens (tertiary/aromatic N) is 1. The molecule has 0 aliphatic carbocycles. The molecule has 0 radical (unpaired) electrons. The summed E-state index contributed by atoms with van der Waals surface area (Å²) in [6.07, 6.45) is -5.35. The van der Waals surface area contributed by atoms with E-state index < -0.39 is 24.5 Å². The van der Waals surface area contributed by atoms with E-state index in [4.69, 9.17) is 4.74 Å². The van der Waals surface area contributed by atoms with Gasteiger partial charge in [0.05, 0.1) is 13.5 Å². The average Bonchev–Trinajstić information content (AvgIpc) is 2.44. The summed E-state index contributed by atoms with van der Waals surface area (Å²) in [6.45, 7) is 2.21. The van der Waals surface area contributed by atoms with Crippen molar-refractivity contribution in [2.75, 3.05) is 33.3 Å². The molecule has 0 spiro atoms. The third-order valence-corrected chi connectivity index (χ3v) is 3.58.